The summed E-state index contributed by atoms with van der Waals surface area (Å²) in [5, 5.41) is 11.9. The van der Waals surface area contributed by atoms with Gasteiger partial charge in [-0.25, -0.2) is 9.69 Å². The zero-order valence-corrected chi connectivity index (χ0v) is 16.2. The van der Waals surface area contributed by atoms with Crippen molar-refractivity contribution in [1.29, 1.82) is 0 Å². The number of halogens is 2. The molecule has 0 aliphatic carbocycles. The maximum Gasteiger partial charge on any atom is 0.335 e. The SMILES string of the molecule is COc1cc(/C=C2/C(=O)NC(=O)N(c3ccc(Br)cc3)C2=O)cc(Cl)c1O. The number of imide groups is 2. The van der Waals surface area contributed by atoms with Crippen LogP contribution in [0.25, 0.3) is 6.08 Å². The fourth-order valence-electron chi connectivity index (χ4n) is 2.48. The van der Waals surface area contributed by atoms with E-state index in [0.29, 0.717) is 11.3 Å². The minimum absolute atomic E-state index is 0.00860. The molecule has 2 aromatic carbocycles. The molecule has 0 atom stereocenters. The molecule has 2 aromatic rings. The maximum atomic E-state index is 12.8. The number of methoxy groups -OCH3 is 1. The van der Waals surface area contributed by atoms with Crippen molar-refractivity contribution in [3.63, 3.8) is 0 Å². The van der Waals surface area contributed by atoms with E-state index in [2.05, 4.69) is 21.2 Å². The molecule has 7 nitrogen and oxygen atoms in total. The molecular weight excluding hydrogens is 440 g/mol. The lowest BCUT2D eigenvalue weighted by molar-refractivity contribution is -0.122. The molecule has 1 aliphatic rings. The van der Waals surface area contributed by atoms with Gasteiger partial charge in [0, 0.05) is 4.47 Å². The molecule has 0 radical (unpaired) electrons. The number of rotatable bonds is 3. The number of anilines is 1. The van der Waals surface area contributed by atoms with E-state index in [4.69, 9.17) is 16.3 Å². The third-order valence-electron chi connectivity index (χ3n) is 3.77. The molecule has 1 fully saturated rings. The minimum atomic E-state index is -0.842. The van der Waals surface area contributed by atoms with E-state index in [0.717, 1.165) is 9.37 Å². The Labute approximate surface area is 167 Å². The topological polar surface area (TPSA) is 95.9 Å². The summed E-state index contributed by atoms with van der Waals surface area (Å²) in [4.78, 5) is 38.0. The Hall–Kier alpha value is -2.84. The highest BCUT2D eigenvalue weighted by molar-refractivity contribution is 9.10. The number of aromatic hydroxyl groups is 1. The Balaban J connectivity index is 2.04. The molecule has 1 heterocycles. The molecule has 0 spiro atoms. The number of benzene rings is 2. The molecule has 0 saturated carbocycles. The van der Waals surface area contributed by atoms with Crippen LogP contribution in [-0.4, -0.2) is 30.1 Å². The first kappa shape index (κ1) is 18.9. The van der Waals surface area contributed by atoms with E-state index in [1.165, 1.54) is 25.3 Å². The largest absolute Gasteiger partial charge is 0.503 e. The van der Waals surface area contributed by atoms with Gasteiger partial charge in [0.1, 0.15) is 5.57 Å². The van der Waals surface area contributed by atoms with Crippen LogP contribution in [-0.2, 0) is 9.59 Å². The zero-order chi connectivity index (χ0) is 19.7. The average molecular weight is 452 g/mol. The summed E-state index contributed by atoms with van der Waals surface area (Å²) in [5.74, 6) is -1.79. The van der Waals surface area contributed by atoms with Crippen LogP contribution < -0.4 is 15.0 Å². The average Bonchev–Trinajstić information content (AvgIpc) is 2.62. The van der Waals surface area contributed by atoms with Gasteiger partial charge in [-0.2, -0.15) is 0 Å². The van der Waals surface area contributed by atoms with Gasteiger partial charge < -0.3 is 9.84 Å². The lowest BCUT2D eigenvalue weighted by Gasteiger charge is -2.26. The van der Waals surface area contributed by atoms with Gasteiger partial charge in [-0.05, 0) is 48.0 Å². The van der Waals surface area contributed by atoms with Gasteiger partial charge in [-0.15, -0.1) is 0 Å². The first-order valence-corrected chi connectivity index (χ1v) is 8.72. The zero-order valence-electron chi connectivity index (χ0n) is 13.8. The molecule has 0 bridgehead atoms. The third-order valence-corrected chi connectivity index (χ3v) is 4.58. The van der Waals surface area contributed by atoms with Crippen molar-refractivity contribution in [2.24, 2.45) is 0 Å². The normalized spacial score (nSPS) is 15.9. The van der Waals surface area contributed by atoms with Gasteiger partial charge in [0.25, 0.3) is 11.8 Å². The van der Waals surface area contributed by atoms with Crippen LogP contribution in [0.3, 0.4) is 0 Å². The number of nitrogens with zero attached hydrogens (tertiary/aromatic N) is 1. The van der Waals surface area contributed by atoms with Crippen LogP contribution in [0.2, 0.25) is 5.02 Å². The van der Waals surface area contributed by atoms with Gasteiger partial charge in [-0.1, -0.05) is 27.5 Å². The number of nitrogens with one attached hydrogen (secondary N) is 1. The Bertz CT molecular complexity index is 988. The summed E-state index contributed by atoms with van der Waals surface area (Å²) in [5.41, 5.74) is 0.389. The molecule has 2 N–H and O–H groups in total. The number of barbiturate groups is 1. The number of ether oxygens (including phenoxy) is 1. The first-order chi connectivity index (χ1) is 12.8. The Morgan fingerprint density at radius 3 is 2.48 bits per heavy atom. The monoisotopic (exact) mass is 450 g/mol. The summed E-state index contributed by atoms with van der Waals surface area (Å²) in [6.07, 6.45) is 1.27. The van der Waals surface area contributed by atoms with Crippen molar-refractivity contribution in [1.82, 2.24) is 5.32 Å². The second kappa shape index (κ2) is 7.42. The number of phenols is 1. The highest BCUT2D eigenvalue weighted by Gasteiger charge is 2.36. The summed E-state index contributed by atoms with van der Waals surface area (Å²) in [7, 11) is 1.34. The van der Waals surface area contributed by atoms with Gasteiger partial charge >= 0.3 is 6.03 Å². The predicted octanol–water partition coefficient (Wildman–Crippen LogP) is 3.48. The minimum Gasteiger partial charge on any atom is -0.503 e. The van der Waals surface area contributed by atoms with Gasteiger partial charge in [0.2, 0.25) is 0 Å². The Morgan fingerprint density at radius 2 is 1.85 bits per heavy atom. The molecular formula is C18H12BrClN2O5. The highest BCUT2D eigenvalue weighted by atomic mass is 79.9. The van der Waals surface area contributed by atoms with E-state index < -0.39 is 17.8 Å². The molecule has 138 valence electrons. The second-order valence-corrected chi connectivity index (χ2v) is 6.81. The number of carbonyl (C=O) groups is 3. The highest BCUT2D eigenvalue weighted by Crippen LogP contribution is 2.36. The predicted molar refractivity (Wildman–Crippen MR) is 103 cm³/mol. The fourth-order valence-corrected chi connectivity index (χ4v) is 2.96. The van der Waals surface area contributed by atoms with Crippen LogP contribution in [0.4, 0.5) is 10.5 Å². The van der Waals surface area contributed by atoms with Crippen molar-refractivity contribution in [2.45, 2.75) is 0 Å². The molecule has 27 heavy (non-hydrogen) atoms. The van der Waals surface area contributed by atoms with Crippen molar-refractivity contribution >= 4 is 57.1 Å². The standard InChI is InChI=1S/C18H12BrClN2O5/c1-27-14-8-9(7-13(20)15(14)23)6-12-16(24)21-18(26)22(17(12)25)11-4-2-10(19)3-5-11/h2-8,23H,1H3,(H,21,24,26)/b12-6-. The number of hydrogen-bond acceptors (Lipinski definition) is 5. The molecule has 0 aromatic heterocycles. The van der Waals surface area contributed by atoms with E-state index in [-0.39, 0.29) is 22.1 Å². The van der Waals surface area contributed by atoms with Crippen LogP contribution >= 0.6 is 27.5 Å². The smallest absolute Gasteiger partial charge is 0.335 e. The number of carbonyl (C=O) groups excluding carboxylic acids is 3. The van der Waals surface area contributed by atoms with Crippen LogP contribution in [0.15, 0.2) is 46.4 Å². The summed E-state index contributed by atoms with van der Waals surface area (Å²) >= 11 is 9.21. The third kappa shape index (κ3) is 3.67. The van der Waals surface area contributed by atoms with Gasteiger partial charge in [-0.3, -0.25) is 14.9 Å². The van der Waals surface area contributed by atoms with Crippen molar-refractivity contribution < 1.29 is 24.2 Å². The van der Waals surface area contributed by atoms with Crippen molar-refractivity contribution in [3.8, 4) is 11.5 Å². The molecule has 3 rings (SSSR count). The fraction of sp³-hybridized carbons (Fsp3) is 0.0556. The number of hydrogen-bond donors (Lipinski definition) is 2. The molecule has 9 heteroatoms. The van der Waals surface area contributed by atoms with E-state index in [1.807, 2.05) is 0 Å². The van der Waals surface area contributed by atoms with Gasteiger partial charge in [0.05, 0.1) is 17.8 Å². The van der Waals surface area contributed by atoms with E-state index in [1.54, 1.807) is 24.3 Å². The number of phenolic OH excluding ortho intramolecular Hbond substituents is 1. The lowest BCUT2D eigenvalue weighted by atomic mass is 10.1. The van der Waals surface area contributed by atoms with Crippen molar-refractivity contribution in [3.05, 3.63) is 57.0 Å². The quantitative estimate of drug-likeness (QED) is 0.550. The number of urea groups is 1. The Morgan fingerprint density at radius 1 is 1.19 bits per heavy atom. The second-order valence-electron chi connectivity index (χ2n) is 5.49. The number of amides is 4. The summed E-state index contributed by atoms with van der Waals surface area (Å²) in [6.45, 7) is 0. The van der Waals surface area contributed by atoms with E-state index in [9.17, 15) is 19.5 Å². The molecule has 0 unspecified atom stereocenters. The van der Waals surface area contributed by atoms with Crippen molar-refractivity contribution in [2.75, 3.05) is 12.0 Å². The van der Waals surface area contributed by atoms with Crippen LogP contribution in [0.1, 0.15) is 5.56 Å². The molecule has 1 saturated heterocycles. The first-order valence-electron chi connectivity index (χ1n) is 7.55. The lowest BCUT2D eigenvalue weighted by Crippen LogP contribution is -2.54. The molecule has 1 aliphatic heterocycles. The van der Waals surface area contributed by atoms with Crippen LogP contribution in [0, 0.1) is 0 Å². The van der Waals surface area contributed by atoms with Crippen LogP contribution in [0.5, 0.6) is 11.5 Å². The maximum absolute atomic E-state index is 12.8. The summed E-state index contributed by atoms with van der Waals surface area (Å²) in [6, 6.07) is 8.40. The summed E-state index contributed by atoms with van der Waals surface area (Å²) < 4.78 is 5.78. The van der Waals surface area contributed by atoms with E-state index >= 15 is 0 Å². The Kier molecular flexibility index (Phi) is 5.20. The molecule has 4 amide bonds. The van der Waals surface area contributed by atoms with Gasteiger partial charge in [0.15, 0.2) is 11.5 Å².